The number of hydrogen-bond acceptors (Lipinski definition) is 8. The van der Waals surface area contributed by atoms with E-state index in [4.69, 9.17) is 14.2 Å². The molecule has 0 radical (unpaired) electrons. The quantitative estimate of drug-likeness (QED) is 0.678. The first-order valence-corrected chi connectivity index (χ1v) is 10.5. The fourth-order valence-electron chi connectivity index (χ4n) is 4.01. The number of aromatic amines is 1. The maximum Gasteiger partial charge on any atom is 0.258 e. The van der Waals surface area contributed by atoms with Crippen LogP contribution >= 0.6 is 0 Å². The van der Waals surface area contributed by atoms with Crippen molar-refractivity contribution in [3.05, 3.63) is 28.3 Å². The monoisotopic (exact) mass is 431 g/mol. The van der Waals surface area contributed by atoms with Gasteiger partial charge in [-0.05, 0) is 6.07 Å². The molecule has 10 heteroatoms. The van der Waals surface area contributed by atoms with Crippen LogP contribution in [0.3, 0.4) is 0 Å². The second-order valence-electron chi connectivity index (χ2n) is 7.78. The standard InChI is InChI=1S/C21H29N5O5/c1-29-17-11-15-16(12-18(17)30-2)22-19(23-21(15)28)13-24-3-5-26(6-4-24)20(27)14-25-7-9-31-10-8-25/h11-12H,3-10,13-14H2,1-2H3,(H,22,23,28). The van der Waals surface area contributed by atoms with Gasteiger partial charge < -0.3 is 24.1 Å². The molecular formula is C21H29N5O5. The lowest BCUT2D eigenvalue weighted by molar-refractivity contribution is -0.135. The predicted molar refractivity (Wildman–Crippen MR) is 115 cm³/mol. The van der Waals surface area contributed by atoms with Crippen LogP contribution in [0.5, 0.6) is 11.5 Å². The Morgan fingerprint density at radius 3 is 2.39 bits per heavy atom. The summed E-state index contributed by atoms with van der Waals surface area (Å²) < 4.78 is 15.9. The summed E-state index contributed by atoms with van der Waals surface area (Å²) in [4.78, 5) is 38.9. The fraction of sp³-hybridized carbons (Fsp3) is 0.571. The zero-order chi connectivity index (χ0) is 21.8. The third-order valence-corrected chi connectivity index (χ3v) is 5.82. The highest BCUT2D eigenvalue weighted by atomic mass is 16.5. The van der Waals surface area contributed by atoms with E-state index in [0.29, 0.717) is 67.6 Å². The Labute approximate surface area is 180 Å². The molecule has 2 aromatic rings. The van der Waals surface area contributed by atoms with Gasteiger partial charge in [0.05, 0.1) is 51.4 Å². The van der Waals surface area contributed by atoms with Gasteiger partial charge in [0.25, 0.3) is 5.56 Å². The van der Waals surface area contributed by atoms with Crippen molar-refractivity contribution in [1.82, 2.24) is 24.7 Å². The number of H-pyrrole nitrogens is 1. The molecule has 2 saturated heterocycles. The van der Waals surface area contributed by atoms with Crippen LogP contribution in [0.15, 0.2) is 16.9 Å². The van der Waals surface area contributed by atoms with Gasteiger partial charge in [0.15, 0.2) is 11.5 Å². The highest BCUT2D eigenvalue weighted by Gasteiger charge is 2.24. The summed E-state index contributed by atoms with van der Waals surface area (Å²) in [5.74, 6) is 1.79. The number of benzene rings is 1. The molecule has 1 aromatic heterocycles. The highest BCUT2D eigenvalue weighted by Crippen LogP contribution is 2.29. The number of fused-ring (bicyclic) bond motifs is 1. The minimum atomic E-state index is -0.208. The molecule has 10 nitrogen and oxygen atoms in total. The van der Waals surface area contributed by atoms with Crippen LogP contribution in [-0.4, -0.2) is 104 Å². The van der Waals surface area contributed by atoms with Gasteiger partial charge in [0.2, 0.25) is 5.91 Å². The number of nitrogens with one attached hydrogen (secondary N) is 1. The van der Waals surface area contributed by atoms with E-state index in [-0.39, 0.29) is 11.5 Å². The van der Waals surface area contributed by atoms with E-state index in [1.165, 1.54) is 7.11 Å². The summed E-state index contributed by atoms with van der Waals surface area (Å²) in [7, 11) is 3.09. The maximum absolute atomic E-state index is 12.6. The van der Waals surface area contributed by atoms with E-state index < -0.39 is 0 Å². The van der Waals surface area contributed by atoms with Crippen molar-refractivity contribution in [3.8, 4) is 11.5 Å². The molecule has 31 heavy (non-hydrogen) atoms. The summed E-state index contributed by atoms with van der Waals surface area (Å²) >= 11 is 0. The van der Waals surface area contributed by atoms with Crippen molar-refractivity contribution < 1.29 is 19.0 Å². The number of rotatable bonds is 6. The molecule has 168 valence electrons. The molecule has 1 N–H and O–H groups in total. The number of hydrogen-bond donors (Lipinski definition) is 1. The summed E-state index contributed by atoms with van der Waals surface area (Å²) in [6, 6.07) is 3.36. The van der Waals surface area contributed by atoms with Crippen molar-refractivity contribution in [2.24, 2.45) is 0 Å². The lowest BCUT2D eigenvalue weighted by Crippen LogP contribution is -2.52. The molecule has 0 unspecified atom stereocenters. The molecule has 1 aromatic carbocycles. The number of carbonyl (C=O) groups is 1. The summed E-state index contributed by atoms with van der Waals surface area (Å²) in [5.41, 5.74) is 0.357. The van der Waals surface area contributed by atoms with Gasteiger partial charge in [-0.25, -0.2) is 4.98 Å². The van der Waals surface area contributed by atoms with Crippen LogP contribution < -0.4 is 15.0 Å². The Morgan fingerprint density at radius 2 is 1.71 bits per heavy atom. The minimum absolute atomic E-state index is 0.167. The number of nitrogens with zero attached hydrogens (tertiary/aromatic N) is 4. The molecule has 1 amide bonds. The Morgan fingerprint density at radius 1 is 1.03 bits per heavy atom. The van der Waals surface area contributed by atoms with E-state index in [9.17, 15) is 9.59 Å². The summed E-state index contributed by atoms with van der Waals surface area (Å²) in [6.07, 6.45) is 0. The molecule has 4 rings (SSSR count). The van der Waals surface area contributed by atoms with Crippen LogP contribution in [-0.2, 0) is 16.1 Å². The Hall–Kier alpha value is -2.69. The van der Waals surface area contributed by atoms with Crippen molar-refractivity contribution in [3.63, 3.8) is 0 Å². The van der Waals surface area contributed by atoms with Gasteiger partial charge in [0, 0.05) is 45.3 Å². The lowest BCUT2D eigenvalue weighted by Gasteiger charge is -2.36. The van der Waals surface area contributed by atoms with E-state index in [0.717, 1.165) is 26.2 Å². The number of aromatic nitrogens is 2. The van der Waals surface area contributed by atoms with E-state index in [1.54, 1.807) is 19.2 Å². The van der Waals surface area contributed by atoms with E-state index in [2.05, 4.69) is 19.8 Å². The van der Waals surface area contributed by atoms with Crippen molar-refractivity contribution >= 4 is 16.8 Å². The average molecular weight is 431 g/mol. The number of methoxy groups -OCH3 is 2. The number of carbonyl (C=O) groups excluding carboxylic acids is 1. The summed E-state index contributed by atoms with van der Waals surface area (Å²) in [5, 5.41) is 0.458. The van der Waals surface area contributed by atoms with Gasteiger partial charge in [-0.15, -0.1) is 0 Å². The van der Waals surface area contributed by atoms with Crippen LogP contribution in [0.1, 0.15) is 5.82 Å². The lowest BCUT2D eigenvalue weighted by atomic mass is 10.2. The van der Waals surface area contributed by atoms with Crippen LogP contribution in [0, 0.1) is 0 Å². The second-order valence-corrected chi connectivity index (χ2v) is 7.78. The molecule has 0 aliphatic carbocycles. The van der Waals surface area contributed by atoms with Crippen LogP contribution in [0.25, 0.3) is 10.9 Å². The fourth-order valence-corrected chi connectivity index (χ4v) is 4.01. The van der Waals surface area contributed by atoms with Crippen molar-refractivity contribution in [1.29, 1.82) is 0 Å². The van der Waals surface area contributed by atoms with Gasteiger partial charge >= 0.3 is 0 Å². The smallest absolute Gasteiger partial charge is 0.258 e. The van der Waals surface area contributed by atoms with E-state index >= 15 is 0 Å². The molecule has 2 aliphatic heterocycles. The molecule has 3 heterocycles. The minimum Gasteiger partial charge on any atom is -0.493 e. The third kappa shape index (κ3) is 4.97. The largest absolute Gasteiger partial charge is 0.493 e. The van der Waals surface area contributed by atoms with Gasteiger partial charge in [-0.3, -0.25) is 19.4 Å². The average Bonchev–Trinajstić information content (AvgIpc) is 2.79. The zero-order valence-corrected chi connectivity index (χ0v) is 18.1. The van der Waals surface area contributed by atoms with Crippen molar-refractivity contribution in [2.75, 3.05) is 73.2 Å². The molecular weight excluding hydrogens is 402 g/mol. The SMILES string of the molecule is COc1cc2nc(CN3CCN(C(=O)CN4CCOCC4)CC3)[nH]c(=O)c2cc1OC. The first-order valence-electron chi connectivity index (χ1n) is 10.5. The number of piperazine rings is 1. The second kappa shape index (κ2) is 9.63. The molecule has 0 saturated carbocycles. The Balaban J connectivity index is 1.37. The van der Waals surface area contributed by atoms with E-state index in [1.807, 2.05) is 4.90 Å². The first kappa shape index (κ1) is 21.5. The number of ether oxygens (including phenoxy) is 3. The topological polar surface area (TPSA) is 100 Å². The molecule has 0 bridgehead atoms. The maximum atomic E-state index is 12.6. The Kier molecular flexibility index (Phi) is 6.69. The number of amides is 1. The molecule has 2 fully saturated rings. The predicted octanol–water partition coefficient (Wildman–Crippen LogP) is -0.0833. The highest BCUT2D eigenvalue weighted by molar-refractivity contribution is 5.81. The van der Waals surface area contributed by atoms with Crippen molar-refractivity contribution in [2.45, 2.75) is 6.54 Å². The summed E-state index contributed by atoms with van der Waals surface area (Å²) in [6.45, 7) is 6.79. The normalized spacial score (nSPS) is 18.3. The zero-order valence-electron chi connectivity index (χ0n) is 18.1. The van der Waals surface area contributed by atoms with Gasteiger partial charge in [-0.2, -0.15) is 0 Å². The molecule has 0 spiro atoms. The third-order valence-electron chi connectivity index (χ3n) is 5.82. The van der Waals surface area contributed by atoms with Gasteiger partial charge in [-0.1, -0.05) is 0 Å². The molecule has 0 atom stereocenters. The number of morpholine rings is 1. The van der Waals surface area contributed by atoms with Crippen LogP contribution in [0.4, 0.5) is 0 Å². The van der Waals surface area contributed by atoms with Crippen LogP contribution in [0.2, 0.25) is 0 Å². The Bertz CT molecular complexity index is 980. The first-order chi connectivity index (χ1) is 15.1. The molecule has 2 aliphatic rings. The van der Waals surface area contributed by atoms with Gasteiger partial charge in [0.1, 0.15) is 5.82 Å².